The maximum absolute atomic E-state index is 5.54. The molecular formula is C9H11N3O. The second kappa shape index (κ2) is 3.06. The van der Waals surface area contributed by atoms with Crippen LogP contribution in [0.5, 0.6) is 5.75 Å². The molecule has 68 valence electrons. The van der Waals surface area contributed by atoms with Crippen LogP contribution in [-0.2, 0) is 6.54 Å². The highest BCUT2D eigenvalue weighted by Gasteiger charge is 2.01. The van der Waals surface area contributed by atoms with Crippen molar-refractivity contribution < 1.29 is 4.74 Å². The second-order valence-corrected chi connectivity index (χ2v) is 2.75. The Labute approximate surface area is 76.0 Å². The number of hydrogen-bond donors (Lipinski definition) is 1. The fourth-order valence-corrected chi connectivity index (χ4v) is 1.29. The van der Waals surface area contributed by atoms with E-state index in [0.717, 1.165) is 17.1 Å². The molecule has 2 aromatic rings. The van der Waals surface area contributed by atoms with Gasteiger partial charge >= 0.3 is 0 Å². The molecule has 0 bridgehead atoms. The first-order valence-electron chi connectivity index (χ1n) is 4.05. The monoisotopic (exact) mass is 177 g/mol. The molecule has 0 aliphatic rings. The van der Waals surface area contributed by atoms with E-state index in [4.69, 9.17) is 10.5 Å². The van der Waals surface area contributed by atoms with Gasteiger partial charge in [0.1, 0.15) is 11.4 Å². The molecule has 2 heterocycles. The lowest BCUT2D eigenvalue weighted by Gasteiger charge is -2.01. The van der Waals surface area contributed by atoms with E-state index < -0.39 is 0 Å². The van der Waals surface area contributed by atoms with Crippen molar-refractivity contribution in [2.75, 3.05) is 7.11 Å². The summed E-state index contributed by atoms with van der Waals surface area (Å²) >= 11 is 0. The molecule has 4 heteroatoms. The third-order valence-electron chi connectivity index (χ3n) is 2.01. The second-order valence-electron chi connectivity index (χ2n) is 2.75. The van der Waals surface area contributed by atoms with Gasteiger partial charge in [0.2, 0.25) is 0 Å². The van der Waals surface area contributed by atoms with Gasteiger partial charge in [-0.05, 0) is 6.07 Å². The van der Waals surface area contributed by atoms with Crippen molar-refractivity contribution >= 4 is 5.65 Å². The number of nitrogens with two attached hydrogens (primary N) is 1. The largest absolute Gasteiger partial charge is 0.497 e. The fourth-order valence-electron chi connectivity index (χ4n) is 1.29. The highest BCUT2D eigenvalue weighted by Crippen LogP contribution is 2.14. The van der Waals surface area contributed by atoms with E-state index in [0.29, 0.717) is 6.54 Å². The molecular weight excluding hydrogens is 166 g/mol. The molecule has 0 unspecified atom stereocenters. The van der Waals surface area contributed by atoms with Crippen LogP contribution in [0.3, 0.4) is 0 Å². The third kappa shape index (κ3) is 1.25. The van der Waals surface area contributed by atoms with Crippen molar-refractivity contribution in [1.29, 1.82) is 0 Å². The Morgan fingerprint density at radius 3 is 3.15 bits per heavy atom. The predicted molar refractivity (Wildman–Crippen MR) is 49.6 cm³/mol. The van der Waals surface area contributed by atoms with Crippen LogP contribution in [0, 0.1) is 0 Å². The molecule has 0 radical (unpaired) electrons. The van der Waals surface area contributed by atoms with E-state index in [2.05, 4.69) is 4.98 Å². The first kappa shape index (κ1) is 8.07. The molecule has 0 aliphatic carbocycles. The molecule has 13 heavy (non-hydrogen) atoms. The number of aromatic nitrogens is 2. The van der Waals surface area contributed by atoms with Gasteiger partial charge in [0.15, 0.2) is 0 Å². The Bertz CT molecular complexity index is 422. The summed E-state index contributed by atoms with van der Waals surface area (Å²) in [4.78, 5) is 4.20. The fraction of sp³-hybridized carbons (Fsp3) is 0.222. The normalized spacial score (nSPS) is 10.6. The highest BCUT2D eigenvalue weighted by molar-refractivity contribution is 5.45. The van der Waals surface area contributed by atoms with Gasteiger partial charge in [0.25, 0.3) is 0 Å². The number of methoxy groups -OCH3 is 1. The average Bonchev–Trinajstić information content (AvgIpc) is 2.59. The topological polar surface area (TPSA) is 52.5 Å². The van der Waals surface area contributed by atoms with E-state index in [-0.39, 0.29) is 0 Å². The number of imidazole rings is 1. The summed E-state index contributed by atoms with van der Waals surface area (Å²) in [6.07, 6.45) is 3.68. The minimum Gasteiger partial charge on any atom is -0.497 e. The number of ether oxygens (including phenoxy) is 1. The standard InChI is InChI=1S/C9H11N3O/c1-13-8-2-3-12-7(5-10)6-11-9(12)4-8/h2-4,6H,5,10H2,1H3. The molecule has 0 atom stereocenters. The Hall–Kier alpha value is -1.55. The minimum absolute atomic E-state index is 0.494. The summed E-state index contributed by atoms with van der Waals surface area (Å²) in [6.45, 7) is 0.494. The molecule has 4 nitrogen and oxygen atoms in total. The van der Waals surface area contributed by atoms with Crippen LogP contribution in [0.1, 0.15) is 5.69 Å². The SMILES string of the molecule is COc1ccn2c(CN)cnc2c1. The molecule has 0 saturated heterocycles. The summed E-state index contributed by atoms with van der Waals surface area (Å²) in [5, 5.41) is 0. The maximum atomic E-state index is 5.54. The molecule has 2 N–H and O–H groups in total. The number of fused-ring (bicyclic) bond motifs is 1. The summed E-state index contributed by atoms with van der Waals surface area (Å²) in [5.74, 6) is 0.807. The average molecular weight is 177 g/mol. The van der Waals surface area contributed by atoms with E-state index in [1.807, 2.05) is 22.7 Å². The van der Waals surface area contributed by atoms with Crippen LogP contribution in [-0.4, -0.2) is 16.5 Å². The lowest BCUT2D eigenvalue weighted by molar-refractivity contribution is 0.414. The Morgan fingerprint density at radius 2 is 2.46 bits per heavy atom. The Morgan fingerprint density at radius 1 is 1.62 bits per heavy atom. The number of rotatable bonds is 2. The van der Waals surface area contributed by atoms with Gasteiger partial charge in [-0.25, -0.2) is 4.98 Å². The van der Waals surface area contributed by atoms with Crippen LogP contribution in [0.4, 0.5) is 0 Å². The van der Waals surface area contributed by atoms with Crippen LogP contribution >= 0.6 is 0 Å². The molecule has 0 aromatic carbocycles. The number of hydrogen-bond acceptors (Lipinski definition) is 3. The van der Waals surface area contributed by atoms with E-state index in [9.17, 15) is 0 Å². The molecule has 2 rings (SSSR count). The molecule has 0 aliphatic heterocycles. The number of pyridine rings is 1. The van der Waals surface area contributed by atoms with Crippen LogP contribution in [0.15, 0.2) is 24.5 Å². The predicted octanol–water partition coefficient (Wildman–Crippen LogP) is 0.802. The Balaban J connectivity index is 2.61. The van der Waals surface area contributed by atoms with Gasteiger partial charge in [0, 0.05) is 18.8 Å². The van der Waals surface area contributed by atoms with E-state index in [1.165, 1.54) is 0 Å². The van der Waals surface area contributed by atoms with Crippen LogP contribution in [0.2, 0.25) is 0 Å². The molecule has 0 saturated carbocycles. The van der Waals surface area contributed by atoms with Crippen LogP contribution < -0.4 is 10.5 Å². The van der Waals surface area contributed by atoms with Gasteiger partial charge < -0.3 is 14.9 Å². The summed E-state index contributed by atoms with van der Waals surface area (Å²) < 4.78 is 7.03. The third-order valence-corrected chi connectivity index (χ3v) is 2.01. The zero-order valence-corrected chi connectivity index (χ0v) is 7.40. The molecule has 0 amide bonds. The maximum Gasteiger partial charge on any atom is 0.140 e. The van der Waals surface area contributed by atoms with Crippen molar-refractivity contribution in [1.82, 2.24) is 9.38 Å². The first-order valence-corrected chi connectivity index (χ1v) is 4.05. The van der Waals surface area contributed by atoms with Gasteiger partial charge in [-0.3, -0.25) is 0 Å². The number of nitrogens with zero attached hydrogens (tertiary/aromatic N) is 2. The molecule has 0 fully saturated rings. The van der Waals surface area contributed by atoms with Crippen molar-refractivity contribution in [2.45, 2.75) is 6.54 Å². The van der Waals surface area contributed by atoms with Gasteiger partial charge in [-0.2, -0.15) is 0 Å². The zero-order chi connectivity index (χ0) is 9.26. The van der Waals surface area contributed by atoms with Crippen LogP contribution in [0.25, 0.3) is 5.65 Å². The molecule has 0 spiro atoms. The van der Waals surface area contributed by atoms with Crippen molar-refractivity contribution in [2.24, 2.45) is 5.73 Å². The quantitative estimate of drug-likeness (QED) is 0.738. The summed E-state index contributed by atoms with van der Waals surface area (Å²) in [6, 6.07) is 3.76. The van der Waals surface area contributed by atoms with Crippen molar-refractivity contribution in [3.63, 3.8) is 0 Å². The lowest BCUT2D eigenvalue weighted by atomic mass is 10.4. The van der Waals surface area contributed by atoms with Crippen molar-refractivity contribution in [3.8, 4) is 5.75 Å². The summed E-state index contributed by atoms with van der Waals surface area (Å²) in [5.41, 5.74) is 7.40. The smallest absolute Gasteiger partial charge is 0.140 e. The van der Waals surface area contributed by atoms with Gasteiger partial charge in [-0.15, -0.1) is 0 Å². The van der Waals surface area contributed by atoms with E-state index in [1.54, 1.807) is 13.3 Å². The van der Waals surface area contributed by atoms with E-state index >= 15 is 0 Å². The minimum atomic E-state index is 0.494. The summed E-state index contributed by atoms with van der Waals surface area (Å²) in [7, 11) is 1.64. The van der Waals surface area contributed by atoms with Gasteiger partial charge in [-0.1, -0.05) is 0 Å². The Kier molecular flexibility index (Phi) is 1.90. The lowest BCUT2D eigenvalue weighted by Crippen LogP contribution is -2.00. The highest BCUT2D eigenvalue weighted by atomic mass is 16.5. The van der Waals surface area contributed by atoms with Gasteiger partial charge in [0.05, 0.1) is 19.0 Å². The molecule has 2 aromatic heterocycles. The zero-order valence-electron chi connectivity index (χ0n) is 7.40. The van der Waals surface area contributed by atoms with Crippen molar-refractivity contribution in [3.05, 3.63) is 30.2 Å². The first-order chi connectivity index (χ1) is 6.35.